The lowest BCUT2D eigenvalue weighted by Gasteiger charge is -2.09. The van der Waals surface area contributed by atoms with Crippen LogP contribution in [0.4, 0.5) is 5.82 Å². The number of unbranched alkanes of at least 4 members (excludes halogenated alkanes) is 3. The van der Waals surface area contributed by atoms with Gasteiger partial charge in [0.1, 0.15) is 11.3 Å². The molecule has 0 saturated carbocycles. The minimum absolute atomic E-state index is 0.0844. The highest BCUT2D eigenvalue weighted by atomic mass is 16.5. The van der Waals surface area contributed by atoms with Gasteiger partial charge >= 0.3 is 0 Å². The van der Waals surface area contributed by atoms with Gasteiger partial charge in [0.15, 0.2) is 5.82 Å². The van der Waals surface area contributed by atoms with Crippen molar-refractivity contribution in [2.45, 2.75) is 58.5 Å². The fourth-order valence-electron chi connectivity index (χ4n) is 4.05. The molecule has 0 bridgehead atoms. The number of fused-ring (bicyclic) bond motifs is 3. The van der Waals surface area contributed by atoms with E-state index < -0.39 is 0 Å². The zero-order valence-corrected chi connectivity index (χ0v) is 19.8. The second-order valence-corrected chi connectivity index (χ2v) is 8.58. The molecular weight excluding hydrogens is 426 g/mol. The second-order valence-electron chi connectivity index (χ2n) is 8.58. The first-order valence-corrected chi connectivity index (χ1v) is 12.1. The van der Waals surface area contributed by atoms with Gasteiger partial charge in [0.2, 0.25) is 5.91 Å². The predicted molar refractivity (Wildman–Crippen MR) is 137 cm³/mol. The van der Waals surface area contributed by atoms with Crippen molar-refractivity contribution in [1.29, 1.82) is 0 Å². The van der Waals surface area contributed by atoms with Crippen molar-refractivity contribution in [2.24, 2.45) is 0 Å². The Hall–Kier alpha value is -3.61. The number of hydrogen-bond donors (Lipinski definition) is 2. The van der Waals surface area contributed by atoms with E-state index in [1.807, 2.05) is 48.8 Å². The highest BCUT2D eigenvalue weighted by Crippen LogP contribution is 2.27. The molecule has 7 heteroatoms. The fourth-order valence-corrected chi connectivity index (χ4v) is 4.05. The van der Waals surface area contributed by atoms with E-state index in [4.69, 9.17) is 10.5 Å². The number of nitrogen functional groups attached to an aromatic ring is 1. The molecule has 0 aliphatic heterocycles. The van der Waals surface area contributed by atoms with Crippen molar-refractivity contribution in [3.8, 4) is 5.75 Å². The molecular formula is C27H33N5O2. The first-order chi connectivity index (χ1) is 16.7. The molecule has 0 spiro atoms. The summed E-state index contributed by atoms with van der Waals surface area (Å²) >= 11 is 0. The third-order valence-electron chi connectivity index (χ3n) is 5.96. The fraction of sp³-hybridized carbons (Fsp3) is 0.370. The summed E-state index contributed by atoms with van der Waals surface area (Å²) in [6.45, 7) is 4.26. The van der Waals surface area contributed by atoms with E-state index in [0.717, 1.165) is 78.5 Å². The number of pyridine rings is 1. The normalized spacial score (nSPS) is 11.2. The zero-order valence-electron chi connectivity index (χ0n) is 19.8. The van der Waals surface area contributed by atoms with Crippen LogP contribution >= 0.6 is 0 Å². The number of nitrogens with two attached hydrogens (primary N) is 1. The number of ether oxygens (including phenoxy) is 1. The van der Waals surface area contributed by atoms with E-state index in [0.29, 0.717) is 18.8 Å². The summed E-state index contributed by atoms with van der Waals surface area (Å²) < 4.78 is 7.82. The van der Waals surface area contributed by atoms with E-state index in [-0.39, 0.29) is 5.91 Å². The summed E-state index contributed by atoms with van der Waals surface area (Å²) in [6.07, 6.45) is 7.33. The Morgan fingerprint density at radius 3 is 2.71 bits per heavy atom. The number of nitrogens with one attached hydrogen (secondary N) is 1. The standard InChI is InChI=1S/C27H33N5O2/c1-2-3-17-34-21-14-12-20(13-15-21)18-29-24(33)11-5-4-8-16-32-19-30-25-26(32)22-9-6-7-10-23(22)31-27(25)28/h6-7,9-10,12-15,19H,2-5,8,11,16-18H2,1H3,(H2,28,31)(H,29,33). The van der Waals surface area contributed by atoms with E-state index in [1.54, 1.807) is 0 Å². The molecule has 0 aliphatic carbocycles. The number of aromatic nitrogens is 3. The van der Waals surface area contributed by atoms with Crippen LogP contribution in [0.3, 0.4) is 0 Å². The van der Waals surface area contributed by atoms with E-state index in [9.17, 15) is 4.79 Å². The highest BCUT2D eigenvalue weighted by Gasteiger charge is 2.12. The summed E-state index contributed by atoms with van der Waals surface area (Å²) in [6, 6.07) is 15.9. The van der Waals surface area contributed by atoms with Gasteiger partial charge in [-0.25, -0.2) is 9.97 Å². The number of benzene rings is 2. The maximum absolute atomic E-state index is 12.2. The smallest absolute Gasteiger partial charge is 0.220 e. The first kappa shape index (κ1) is 23.5. The molecule has 3 N–H and O–H groups in total. The molecule has 1 amide bonds. The van der Waals surface area contributed by atoms with Gasteiger partial charge in [-0.2, -0.15) is 0 Å². The number of rotatable bonds is 12. The third kappa shape index (κ3) is 5.84. The lowest BCUT2D eigenvalue weighted by atomic mass is 10.1. The van der Waals surface area contributed by atoms with Gasteiger partial charge in [-0.15, -0.1) is 0 Å². The van der Waals surface area contributed by atoms with Crippen LogP contribution in [0.15, 0.2) is 54.9 Å². The number of imidazole rings is 1. The number of carbonyl (C=O) groups is 1. The Balaban J connectivity index is 1.19. The topological polar surface area (TPSA) is 95.1 Å². The minimum Gasteiger partial charge on any atom is -0.494 e. The molecule has 0 aliphatic rings. The number of amides is 1. The second kappa shape index (κ2) is 11.5. The van der Waals surface area contributed by atoms with Gasteiger partial charge in [0, 0.05) is 24.9 Å². The van der Waals surface area contributed by atoms with Crippen LogP contribution in [-0.4, -0.2) is 27.0 Å². The number of nitrogens with zero attached hydrogens (tertiary/aromatic N) is 3. The molecule has 2 aromatic carbocycles. The molecule has 4 aromatic rings. The average Bonchev–Trinajstić information content (AvgIpc) is 3.28. The van der Waals surface area contributed by atoms with Crippen molar-refractivity contribution in [3.63, 3.8) is 0 Å². The van der Waals surface area contributed by atoms with Crippen LogP contribution in [0, 0.1) is 0 Å². The molecule has 2 heterocycles. The molecule has 0 fully saturated rings. The number of anilines is 1. The van der Waals surface area contributed by atoms with Gasteiger partial charge in [-0.3, -0.25) is 4.79 Å². The van der Waals surface area contributed by atoms with E-state index in [1.165, 1.54) is 0 Å². The summed E-state index contributed by atoms with van der Waals surface area (Å²) in [7, 11) is 0. The van der Waals surface area contributed by atoms with Crippen LogP contribution in [0.1, 0.15) is 51.0 Å². The minimum atomic E-state index is 0.0844. The van der Waals surface area contributed by atoms with Crippen LogP contribution in [0.2, 0.25) is 0 Å². The summed E-state index contributed by atoms with van der Waals surface area (Å²) in [5.41, 5.74) is 9.84. The van der Waals surface area contributed by atoms with E-state index >= 15 is 0 Å². The Morgan fingerprint density at radius 1 is 1.06 bits per heavy atom. The number of para-hydroxylation sites is 1. The molecule has 4 rings (SSSR count). The zero-order chi connectivity index (χ0) is 23.8. The number of aryl methyl sites for hydroxylation is 1. The highest BCUT2D eigenvalue weighted by molar-refractivity contribution is 6.06. The third-order valence-corrected chi connectivity index (χ3v) is 5.96. The van der Waals surface area contributed by atoms with Gasteiger partial charge in [0.25, 0.3) is 0 Å². The maximum Gasteiger partial charge on any atom is 0.220 e. The van der Waals surface area contributed by atoms with Crippen molar-refractivity contribution in [1.82, 2.24) is 19.9 Å². The van der Waals surface area contributed by atoms with Crippen molar-refractivity contribution >= 4 is 33.7 Å². The largest absolute Gasteiger partial charge is 0.494 e. The number of hydrogen-bond acceptors (Lipinski definition) is 5. The van der Waals surface area contributed by atoms with Crippen LogP contribution in [-0.2, 0) is 17.9 Å². The summed E-state index contributed by atoms with van der Waals surface area (Å²) in [4.78, 5) is 21.2. The van der Waals surface area contributed by atoms with Crippen molar-refractivity contribution < 1.29 is 9.53 Å². The quantitative estimate of drug-likeness (QED) is 0.283. The molecule has 0 radical (unpaired) electrons. The molecule has 34 heavy (non-hydrogen) atoms. The Labute approximate surface area is 200 Å². The average molecular weight is 460 g/mol. The summed E-state index contributed by atoms with van der Waals surface area (Å²) in [5, 5.41) is 4.07. The van der Waals surface area contributed by atoms with Gasteiger partial charge < -0.3 is 20.4 Å². The molecule has 0 saturated heterocycles. The Bertz CT molecular complexity index is 1230. The first-order valence-electron chi connectivity index (χ1n) is 12.1. The van der Waals surface area contributed by atoms with Crippen LogP contribution < -0.4 is 15.8 Å². The Morgan fingerprint density at radius 2 is 1.88 bits per heavy atom. The summed E-state index contributed by atoms with van der Waals surface area (Å²) in [5.74, 6) is 1.42. The lowest BCUT2D eigenvalue weighted by Crippen LogP contribution is -2.22. The monoisotopic (exact) mass is 459 g/mol. The maximum atomic E-state index is 12.2. The van der Waals surface area contributed by atoms with Gasteiger partial charge in [-0.1, -0.05) is 50.1 Å². The van der Waals surface area contributed by atoms with Gasteiger partial charge in [0.05, 0.1) is 24.0 Å². The van der Waals surface area contributed by atoms with Crippen molar-refractivity contribution in [2.75, 3.05) is 12.3 Å². The van der Waals surface area contributed by atoms with Crippen LogP contribution in [0.5, 0.6) is 5.75 Å². The number of carbonyl (C=O) groups excluding carboxylic acids is 1. The molecule has 0 unspecified atom stereocenters. The predicted octanol–water partition coefficient (Wildman–Crippen LogP) is 5.22. The molecule has 178 valence electrons. The molecule has 2 aromatic heterocycles. The van der Waals surface area contributed by atoms with Crippen LogP contribution in [0.25, 0.3) is 21.9 Å². The molecule has 7 nitrogen and oxygen atoms in total. The molecule has 0 atom stereocenters. The Kier molecular flexibility index (Phi) is 7.96. The van der Waals surface area contributed by atoms with Gasteiger partial charge in [-0.05, 0) is 43.0 Å². The van der Waals surface area contributed by atoms with E-state index in [2.05, 4.69) is 32.8 Å². The van der Waals surface area contributed by atoms with Crippen molar-refractivity contribution in [3.05, 3.63) is 60.4 Å². The lowest BCUT2D eigenvalue weighted by molar-refractivity contribution is -0.121. The SMILES string of the molecule is CCCCOc1ccc(CNC(=O)CCCCCn2cnc3c(N)nc4ccccc4c32)cc1.